The normalized spacial score (nSPS) is 11.9. The van der Waals surface area contributed by atoms with Gasteiger partial charge in [-0.2, -0.15) is 4.31 Å². The Balaban J connectivity index is 2.38. The Kier molecular flexibility index (Phi) is 4.32. The van der Waals surface area contributed by atoms with Crippen molar-refractivity contribution in [3.63, 3.8) is 0 Å². The first-order valence-electron chi connectivity index (χ1n) is 5.87. The molecule has 20 heavy (non-hydrogen) atoms. The number of halogens is 1. The molecule has 0 spiro atoms. The summed E-state index contributed by atoms with van der Waals surface area (Å²) in [5.74, 6) is -0.0694. The minimum atomic E-state index is -3.76. The molecular weight excluding hydrogens is 302 g/mol. The number of nitrogens with zero attached hydrogens (tertiary/aromatic N) is 2. The summed E-state index contributed by atoms with van der Waals surface area (Å²) < 4.78 is 31.4. The van der Waals surface area contributed by atoms with Gasteiger partial charge in [-0.05, 0) is 12.1 Å². The number of nitrogen functional groups attached to an aromatic ring is 1. The highest BCUT2D eigenvalue weighted by atomic mass is 35.5. The number of furan rings is 1. The maximum atomic E-state index is 12.6. The summed E-state index contributed by atoms with van der Waals surface area (Å²) in [4.78, 5) is 3.69. The fraction of sp³-hybridized carbons (Fsp3) is 0.250. The van der Waals surface area contributed by atoms with Crippen LogP contribution in [-0.4, -0.2) is 24.3 Å². The molecule has 0 atom stereocenters. The van der Waals surface area contributed by atoms with Gasteiger partial charge >= 0.3 is 0 Å². The summed E-state index contributed by atoms with van der Waals surface area (Å²) in [7, 11) is -3.76. The van der Waals surface area contributed by atoms with Crippen molar-refractivity contribution in [2.75, 3.05) is 12.3 Å². The zero-order valence-electron chi connectivity index (χ0n) is 10.8. The fourth-order valence-electron chi connectivity index (χ4n) is 1.73. The molecule has 0 saturated carbocycles. The molecule has 2 heterocycles. The van der Waals surface area contributed by atoms with Crippen molar-refractivity contribution < 1.29 is 12.8 Å². The first kappa shape index (κ1) is 14.8. The second-order valence-corrected chi connectivity index (χ2v) is 6.44. The number of rotatable bonds is 5. The number of aromatic nitrogens is 1. The predicted octanol–water partition coefficient (Wildman–Crippen LogP) is 2.12. The second-order valence-electron chi connectivity index (χ2n) is 4.10. The summed E-state index contributed by atoms with van der Waals surface area (Å²) in [6, 6.07) is 3.01. The Morgan fingerprint density at radius 1 is 1.50 bits per heavy atom. The van der Waals surface area contributed by atoms with E-state index in [1.165, 1.54) is 29.1 Å². The van der Waals surface area contributed by atoms with E-state index in [-0.39, 0.29) is 22.3 Å². The highest BCUT2D eigenvalue weighted by Crippen LogP contribution is 2.25. The average Bonchev–Trinajstić information content (AvgIpc) is 2.91. The SMILES string of the molecule is CCN(Cc1ccoc1)S(=O)(=O)c1cc(Cl)cnc1N. The summed E-state index contributed by atoms with van der Waals surface area (Å²) in [6.45, 7) is 2.23. The lowest BCUT2D eigenvalue weighted by molar-refractivity contribution is 0.421. The van der Waals surface area contributed by atoms with Gasteiger partial charge in [0, 0.05) is 24.8 Å². The van der Waals surface area contributed by atoms with Gasteiger partial charge in [0.2, 0.25) is 10.0 Å². The Labute approximate surface area is 122 Å². The van der Waals surface area contributed by atoms with Crippen LogP contribution in [0.4, 0.5) is 5.82 Å². The predicted molar refractivity (Wildman–Crippen MR) is 75.6 cm³/mol. The smallest absolute Gasteiger partial charge is 0.247 e. The van der Waals surface area contributed by atoms with Crippen LogP contribution in [0.2, 0.25) is 5.02 Å². The van der Waals surface area contributed by atoms with E-state index in [0.29, 0.717) is 6.54 Å². The quantitative estimate of drug-likeness (QED) is 0.912. The van der Waals surface area contributed by atoms with E-state index in [4.69, 9.17) is 21.8 Å². The molecule has 0 unspecified atom stereocenters. The zero-order valence-corrected chi connectivity index (χ0v) is 12.4. The van der Waals surface area contributed by atoms with E-state index in [9.17, 15) is 8.42 Å². The molecule has 0 aliphatic heterocycles. The third-order valence-electron chi connectivity index (χ3n) is 2.76. The molecule has 2 aromatic rings. The molecule has 108 valence electrons. The van der Waals surface area contributed by atoms with Crippen LogP contribution in [0.5, 0.6) is 0 Å². The Morgan fingerprint density at radius 3 is 2.85 bits per heavy atom. The molecular formula is C12H14ClN3O3S. The number of sulfonamides is 1. The van der Waals surface area contributed by atoms with Crippen LogP contribution in [0.3, 0.4) is 0 Å². The van der Waals surface area contributed by atoms with Gasteiger partial charge in [0.1, 0.15) is 10.7 Å². The molecule has 2 N–H and O–H groups in total. The fourth-order valence-corrected chi connectivity index (χ4v) is 3.48. The van der Waals surface area contributed by atoms with E-state index in [1.54, 1.807) is 13.0 Å². The van der Waals surface area contributed by atoms with Crippen LogP contribution in [-0.2, 0) is 16.6 Å². The summed E-state index contributed by atoms with van der Waals surface area (Å²) >= 11 is 5.80. The van der Waals surface area contributed by atoms with Crippen LogP contribution in [0.1, 0.15) is 12.5 Å². The largest absolute Gasteiger partial charge is 0.472 e. The average molecular weight is 316 g/mol. The summed E-state index contributed by atoms with van der Waals surface area (Å²) in [6.07, 6.45) is 4.30. The van der Waals surface area contributed by atoms with Crippen LogP contribution in [0, 0.1) is 0 Å². The molecule has 0 amide bonds. The Bertz CT molecular complexity index is 686. The molecule has 6 nitrogen and oxygen atoms in total. The monoisotopic (exact) mass is 315 g/mol. The van der Waals surface area contributed by atoms with Gasteiger partial charge in [-0.3, -0.25) is 0 Å². The van der Waals surface area contributed by atoms with Gasteiger partial charge in [-0.25, -0.2) is 13.4 Å². The third-order valence-corrected chi connectivity index (χ3v) is 4.91. The van der Waals surface area contributed by atoms with Crippen LogP contribution >= 0.6 is 11.6 Å². The molecule has 0 saturated heterocycles. The van der Waals surface area contributed by atoms with Crippen molar-refractivity contribution >= 4 is 27.4 Å². The van der Waals surface area contributed by atoms with Gasteiger partial charge < -0.3 is 10.2 Å². The Morgan fingerprint density at radius 2 is 2.25 bits per heavy atom. The molecule has 0 fully saturated rings. The van der Waals surface area contributed by atoms with E-state index >= 15 is 0 Å². The van der Waals surface area contributed by atoms with Crippen LogP contribution in [0.25, 0.3) is 0 Å². The highest BCUT2D eigenvalue weighted by Gasteiger charge is 2.26. The number of nitrogens with two attached hydrogens (primary N) is 1. The highest BCUT2D eigenvalue weighted by molar-refractivity contribution is 7.89. The second kappa shape index (κ2) is 5.82. The van der Waals surface area contributed by atoms with Crippen LogP contribution in [0.15, 0.2) is 40.2 Å². The summed E-state index contributed by atoms with van der Waals surface area (Å²) in [5, 5.41) is 0.220. The Hall–Kier alpha value is -1.57. The van der Waals surface area contributed by atoms with Crippen molar-refractivity contribution in [3.05, 3.63) is 41.4 Å². The minimum Gasteiger partial charge on any atom is -0.472 e. The van der Waals surface area contributed by atoms with Crippen molar-refractivity contribution in [1.82, 2.24) is 9.29 Å². The zero-order chi connectivity index (χ0) is 14.8. The summed E-state index contributed by atoms with van der Waals surface area (Å²) in [5.41, 5.74) is 6.40. The van der Waals surface area contributed by atoms with Crippen molar-refractivity contribution in [2.24, 2.45) is 0 Å². The first-order chi connectivity index (χ1) is 9.45. The third kappa shape index (κ3) is 2.95. The van der Waals surface area contributed by atoms with Crippen molar-refractivity contribution in [2.45, 2.75) is 18.4 Å². The molecule has 0 aromatic carbocycles. The van der Waals surface area contributed by atoms with Gasteiger partial charge in [0.05, 0.1) is 17.5 Å². The van der Waals surface area contributed by atoms with Gasteiger partial charge in [-0.1, -0.05) is 18.5 Å². The lowest BCUT2D eigenvalue weighted by Gasteiger charge is -2.20. The molecule has 0 bridgehead atoms. The maximum Gasteiger partial charge on any atom is 0.247 e. The van der Waals surface area contributed by atoms with Crippen molar-refractivity contribution in [3.8, 4) is 0 Å². The lowest BCUT2D eigenvalue weighted by atomic mass is 10.3. The van der Waals surface area contributed by atoms with E-state index in [0.717, 1.165) is 5.56 Å². The van der Waals surface area contributed by atoms with E-state index in [2.05, 4.69) is 4.98 Å². The first-order valence-corrected chi connectivity index (χ1v) is 7.69. The van der Waals surface area contributed by atoms with Gasteiger partial charge in [0.15, 0.2) is 0 Å². The standard InChI is InChI=1S/C12H14ClN3O3S/c1-2-16(7-9-3-4-19-8-9)20(17,18)11-5-10(13)6-15-12(11)14/h3-6,8H,2,7H2,1H3,(H2,14,15). The number of hydrogen-bond donors (Lipinski definition) is 1. The molecule has 0 aliphatic rings. The van der Waals surface area contributed by atoms with E-state index < -0.39 is 10.0 Å². The lowest BCUT2D eigenvalue weighted by Crippen LogP contribution is -2.31. The number of pyridine rings is 1. The van der Waals surface area contributed by atoms with E-state index in [1.807, 2.05) is 0 Å². The molecule has 2 rings (SSSR count). The van der Waals surface area contributed by atoms with Crippen LogP contribution < -0.4 is 5.73 Å². The molecule has 2 aromatic heterocycles. The van der Waals surface area contributed by atoms with Gasteiger partial charge in [0.25, 0.3) is 0 Å². The molecule has 0 radical (unpaired) electrons. The molecule has 0 aliphatic carbocycles. The minimum absolute atomic E-state index is 0.0694. The topological polar surface area (TPSA) is 89.4 Å². The maximum absolute atomic E-state index is 12.6. The van der Waals surface area contributed by atoms with Gasteiger partial charge in [-0.15, -0.1) is 0 Å². The number of hydrogen-bond acceptors (Lipinski definition) is 5. The number of anilines is 1. The van der Waals surface area contributed by atoms with Crippen molar-refractivity contribution in [1.29, 1.82) is 0 Å². The molecule has 8 heteroatoms.